The van der Waals surface area contributed by atoms with Crippen LogP contribution in [0, 0.1) is 0 Å². The van der Waals surface area contributed by atoms with Crippen molar-refractivity contribution in [3.63, 3.8) is 0 Å². The molecule has 0 N–H and O–H groups in total. The number of likely N-dealkylation sites (N-methyl/N-ethyl adjacent to an activating group) is 1. The van der Waals surface area contributed by atoms with Crippen LogP contribution in [0.2, 0.25) is 0 Å². The van der Waals surface area contributed by atoms with Gasteiger partial charge in [0.05, 0.1) is 0 Å². The molecule has 0 heterocycles. The number of nitrogens with zero attached hydrogens (tertiary/aromatic N) is 1. The molecule has 0 saturated carbocycles. The van der Waals surface area contributed by atoms with Crippen molar-refractivity contribution in [1.29, 1.82) is 0 Å². The summed E-state index contributed by atoms with van der Waals surface area (Å²) in [5.41, 5.74) is 0. The number of esters is 1. The Bertz CT molecular complexity index is 242. The number of ether oxygens (including phenoxy) is 1. The van der Waals surface area contributed by atoms with Gasteiger partial charge in [-0.3, -0.25) is 4.79 Å². The van der Waals surface area contributed by atoms with Crippen LogP contribution in [-0.2, 0) is 9.53 Å². The third-order valence-corrected chi connectivity index (χ3v) is 4.04. The molecule has 0 aliphatic carbocycles. The molecule has 132 valence electrons. The van der Waals surface area contributed by atoms with Gasteiger partial charge in [0.25, 0.3) is 0 Å². The first-order chi connectivity index (χ1) is 10.7. The van der Waals surface area contributed by atoms with Crippen molar-refractivity contribution in [3.05, 3.63) is 0 Å². The Morgan fingerprint density at radius 1 is 0.773 bits per heavy atom. The molecule has 0 aromatic rings. The summed E-state index contributed by atoms with van der Waals surface area (Å²) in [6.07, 6.45) is 16.5. The van der Waals surface area contributed by atoms with E-state index in [1.54, 1.807) is 0 Å². The highest BCUT2D eigenvalue weighted by Gasteiger charge is 2.02. The Balaban J connectivity index is 3.12. The summed E-state index contributed by atoms with van der Waals surface area (Å²) in [6, 6.07) is 0. The Morgan fingerprint density at radius 2 is 1.23 bits per heavy atom. The largest absolute Gasteiger partial charge is 0.464 e. The number of hydrogen-bond acceptors (Lipinski definition) is 3. The van der Waals surface area contributed by atoms with E-state index in [0.717, 1.165) is 13.0 Å². The van der Waals surface area contributed by atoms with Gasteiger partial charge in [-0.25, -0.2) is 0 Å². The van der Waals surface area contributed by atoms with E-state index in [4.69, 9.17) is 4.74 Å². The van der Waals surface area contributed by atoms with E-state index in [-0.39, 0.29) is 5.97 Å². The highest BCUT2D eigenvalue weighted by molar-refractivity contribution is 5.69. The van der Waals surface area contributed by atoms with Crippen molar-refractivity contribution in [2.24, 2.45) is 0 Å². The third-order valence-electron chi connectivity index (χ3n) is 4.04. The van der Waals surface area contributed by atoms with E-state index in [0.29, 0.717) is 13.0 Å². The van der Waals surface area contributed by atoms with Crippen LogP contribution in [0.5, 0.6) is 0 Å². The van der Waals surface area contributed by atoms with Gasteiger partial charge in [0.1, 0.15) is 6.61 Å². The molecule has 0 spiro atoms. The Hall–Kier alpha value is -0.570. The zero-order valence-corrected chi connectivity index (χ0v) is 15.4. The minimum absolute atomic E-state index is 0.0334. The minimum atomic E-state index is -0.0334. The predicted octanol–water partition coefficient (Wildman–Crippen LogP) is 5.18. The number of rotatable bonds is 16. The van der Waals surface area contributed by atoms with E-state index in [1.165, 1.54) is 70.6 Å². The lowest BCUT2D eigenvalue weighted by molar-refractivity contribution is -0.144. The maximum atomic E-state index is 11.5. The second-order valence-corrected chi connectivity index (χ2v) is 6.66. The molecule has 0 rings (SSSR count). The van der Waals surface area contributed by atoms with Crippen LogP contribution < -0.4 is 0 Å². The molecule has 3 heteroatoms. The van der Waals surface area contributed by atoms with Crippen molar-refractivity contribution in [3.8, 4) is 0 Å². The van der Waals surface area contributed by atoms with Gasteiger partial charge in [0.2, 0.25) is 0 Å². The van der Waals surface area contributed by atoms with Crippen LogP contribution >= 0.6 is 0 Å². The van der Waals surface area contributed by atoms with Crippen LogP contribution in [-0.4, -0.2) is 38.1 Å². The normalized spacial score (nSPS) is 11.1. The fourth-order valence-corrected chi connectivity index (χ4v) is 2.52. The molecule has 0 aromatic carbocycles. The second-order valence-electron chi connectivity index (χ2n) is 6.66. The number of unbranched alkanes of at least 4 members (excludes halogenated alkanes) is 11. The van der Waals surface area contributed by atoms with Gasteiger partial charge in [-0.15, -0.1) is 0 Å². The van der Waals surface area contributed by atoms with Crippen molar-refractivity contribution in [2.45, 2.75) is 90.4 Å². The summed E-state index contributed by atoms with van der Waals surface area (Å²) >= 11 is 0. The molecule has 0 amide bonds. The molecular weight excluding hydrogens is 274 g/mol. The monoisotopic (exact) mass is 313 g/mol. The molecule has 3 nitrogen and oxygen atoms in total. The standard InChI is InChI=1S/C19H39NO2/c1-4-5-6-7-8-9-10-11-12-13-14-15-16-19(21)22-18-17-20(2)3/h4-18H2,1-3H3. The van der Waals surface area contributed by atoms with E-state index in [9.17, 15) is 4.79 Å². The van der Waals surface area contributed by atoms with E-state index in [1.807, 2.05) is 19.0 Å². The Labute approximate surface area is 138 Å². The topological polar surface area (TPSA) is 29.5 Å². The molecule has 0 bridgehead atoms. The zero-order chi connectivity index (χ0) is 16.5. The summed E-state index contributed by atoms with van der Waals surface area (Å²) < 4.78 is 5.17. The van der Waals surface area contributed by atoms with Crippen LogP contribution in [0.4, 0.5) is 0 Å². The molecule has 0 unspecified atom stereocenters. The van der Waals surface area contributed by atoms with Crippen LogP contribution in [0.15, 0.2) is 0 Å². The highest BCUT2D eigenvalue weighted by Crippen LogP contribution is 2.12. The summed E-state index contributed by atoms with van der Waals surface area (Å²) in [7, 11) is 3.97. The molecule has 0 radical (unpaired) electrons. The van der Waals surface area contributed by atoms with Gasteiger partial charge >= 0.3 is 5.97 Å². The summed E-state index contributed by atoms with van der Waals surface area (Å²) in [5.74, 6) is -0.0334. The lowest BCUT2D eigenvalue weighted by Crippen LogP contribution is -2.20. The molecule has 0 saturated heterocycles. The first-order valence-electron chi connectivity index (χ1n) is 9.47. The molecule has 0 aliphatic heterocycles. The van der Waals surface area contributed by atoms with Crippen molar-refractivity contribution < 1.29 is 9.53 Å². The average molecular weight is 314 g/mol. The molecular formula is C19H39NO2. The number of carbonyl (C=O) groups excluding carboxylic acids is 1. The molecule has 0 fully saturated rings. The summed E-state index contributed by atoms with van der Waals surface area (Å²) in [5, 5.41) is 0. The fourth-order valence-electron chi connectivity index (χ4n) is 2.52. The van der Waals surface area contributed by atoms with Gasteiger partial charge in [-0.05, 0) is 20.5 Å². The molecule has 0 atom stereocenters. The Morgan fingerprint density at radius 3 is 1.68 bits per heavy atom. The van der Waals surface area contributed by atoms with Crippen LogP contribution in [0.3, 0.4) is 0 Å². The van der Waals surface area contributed by atoms with Crippen molar-refractivity contribution in [2.75, 3.05) is 27.2 Å². The lowest BCUT2D eigenvalue weighted by Gasteiger charge is -2.09. The number of carbonyl (C=O) groups is 1. The summed E-state index contributed by atoms with van der Waals surface area (Å²) in [4.78, 5) is 13.5. The SMILES string of the molecule is CCCCCCCCCCCCCCC(=O)OCCN(C)C. The quantitative estimate of drug-likeness (QED) is 0.290. The summed E-state index contributed by atoms with van der Waals surface area (Å²) in [6.45, 7) is 3.60. The lowest BCUT2D eigenvalue weighted by atomic mass is 10.0. The second kappa shape index (κ2) is 16.8. The van der Waals surface area contributed by atoms with Crippen molar-refractivity contribution >= 4 is 5.97 Å². The minimum Gasteiger partial charge on any atom is -0.464 e. The fraction of sp³-hybridized carbons (Fsp3) is 0.947. The van der Waals surface area contributed by atoms with E-state index in [2.05, 4.69) is 6.92 Å². The molecule has 0 aromatic heterocycles. The van der Waals surface area contributed by atoms with E-state index >= 15 is 0 Å². The maximum absolute atomic E-state index is 11.5. The third kappa shape index (κ3) is 17.5. The van der Waals surface area contributed by atoms with Gasteiger partial charge in [-0.2, -0.15) is 0 Å². The first kappa shape index (κ1) is 21.4. The van der Waals surface area contributed by atoms with Crippen LogP contribution in [0.1, 0.15) is 90.4 Å². The van der Waals surface area contributed by atoms with E-state index < -0.39 is 0 Å². The maximum Gasteiger partial charge on any atom is 0.305 e. The van der Waals surface area contributed by atoms with Gasteiger partial charge in [0, 0.05) is 13.0 Å². The number of hydrogen-bond donors (Lipinski definition) is 0. The smallest absolute Gasteiger partial charge is 0.305 e. The van der Waals surface area contributed by atoms with Crippen molar-refractivity contribution in [1.82, 2.24) is 4.90 Å². The first-order valence-corrected chi connectivity index (χ1v) is 9.47. The molecule has 22 heavy (non-hydrogen) atoms. The molecule has 0 aliphatic rings. The van der Waals surface area contributed by atoms with Gasteiger partial charge < -0.3 is 9.64 Å². The predicted molar refractivity (Wildman–Crippen MR) is 95.2 cm³/mol. The average Bonchev–Trinajstić information content (AvgIpc) is 2.48. The van der Waals surface area contributed by atoms with Gasteiger partial charge in [-0.1, -0.05) is 77.6 Å². The van der Waals surface area contributed by atoms with Crippen LogP contribution in [0.25, 0.3) is 0 Å². The zero-order valence-electron chi connectivity index (χ0n) is 15.4. The highest BCUT2D eigenvalue weighted by atomic mass is 16.5. The Kier molecular flexibility index (Phi) is 16.4. The van der Waals surface area contributed by atoms with Gasteiger partial charge in [0.15, 0.2) is 0 Å².